The van der Waals surface area contributed by atoms with Crippen LogP contribution in [0.4, 0.5) is 0 Å². The number of aromatic amines is 1. The third-order valence-corrected chi connectivity index (χ3v) is 3.78. The van der Waals surface area contributed by atoms with Crippen molar-refractivity contribution in [1.29, 1.82) is 0 Å². The van der Waals surface area contributed by atoms with Gasteiger partial charge in [0.1, 0.15) is 5.82 Å². The number of H-pyrrole nitrogens is 1. The molecular weight excluding hydrogens is 292 g/mol. The summed E-state index contributed by atoms with van der Waals surface area (Å²) in [5, 5.41) is 13.2. The van der Waals surface area contributed by atoms with E-state index in [1.165, 1.54) is 0 Å². The van der Waals surface area contributed by atoms with Crippen molar-refractivity contribution in [3.63, 3.8) is 0 Å². The summed E-state index contributed by atoms with van der Waals surface area (Å²) in [6.45, 7) is 3.28. The predicted molar refractivity (Wildman–Crippen MR) is 86.8 cm³/mol. The van der Waals surface area contributed by atoms with Gasteiger partial charge < -0.3 is 9.88 Å². The number of fused-ring (bicyclic) bond motifs is 1. The quantitative estimate of drug-likeness (QED) is 0.691. The van der Waals surface area contributed by atoms with Gasteiger partial charge in [-0.25, -0.2) is 4.98 Å². The Morgan fingerprint density at radius 1 is 1.35 bits per heavy atom. The first-order chi connectivity index (χ1) is 11.3. The van der Waals surface area contributed by atoms with Crippen molar-refractivity contribution in [3.05, 3.63) is 42.0 Å². The van der Waals surface area contributed by atoms with Crippen molar-refractivity contribution < 1.29 is 4.79 Å². The van der Waals surface area contributed by atoms with Gasteiger partial charge in [-0.1, -0.05) is 19.1 Å². The van der Waals surface area contributed by atoms with E-state index in [0.717, 1.165) is 29.0 Å². The average Bonchev–Trinajstić information content (AvgIpc) is 3.20. The Morgan fingerprint density at radius 2 is 2.22 bits per heavy atom. The fraction of sp³-hybridized carbons (Fsp3) is 0.375. The molecule has 0 bridgehead atoms. The molecule has 23 heavy (non-hydrogen) atoms. The molecule has 0 saturated carbocycles. The molecule has 7 heteroatoms. The van der Waals surface area contributed by atoms with Crippen LogP contribution >= 0.6 is 0 Å². The molecule has 0 aliphatic rings. The molecule has 1 amide bonds. The number of nitrogens with one attached hydrogen (secondary N) is 2. The zero-order valence-corrected chi connectivity index (χ0v) is 13.1. The maximum Gasteiger partial charge on any atom is 0.221 e. The highest BCUT2D eigenvalue weighted by atomic mass is 16.1. The second-order valence-electron chi connectivity index (χ2n) is 5.33. The minimum Gasteiger partial charge on any atom is -0.356 e. The second kappa shape index (κ2) is 7.04. The topological polar surface area (TPSA) is 88.5 Å². The van der Waals surface area contributed by atoms with E-state index in [9.17, 15) is 4.79 Å². The molecule has 2 N–H and O–H groups in total. The van der Waals surface area contributed by atoms with E-state index >= 15 is 0 Å². The first kappa shape index (κ1) is 15.2. The summed E-state index contributed by atoms with van der Waals surface area (Å²) in [6.07, 6.45) is 3.63. The highest BCUT2D eigenvalue weighted by Gasteiger charge is 2.10. The third kappa shape index (κ3) is 3.56. The van der Waals surface area contributed by atoms with Crippen LogP contribution in [0.2, 0.25) is 0 Å². The Morgan fingerprint density at radius 3 is 3.00 bits per heavy atom. The van der Waals surface area contributed by atoms with E-state index in [1.54, 1.807) is 6.20 Å². The van der Waals surface area contributed by atoms with Crippen LogP contribution in [0, 0.1) is 0 Å². The minimum atomic E-state index is 0.0355. The minimum absolute atomic E-state index is 0.0355. The van der Waals surface area contributed by atoms with Crippen molar-refractivity contribution >= 4 is 16.9 Å². The highest BCUT2D eigenvalue weighted by molar-refractivity contribution is 5.78. The van der Waals surface area contributed by atoms with Crippen LogP contribution in [0.1, 0.15) is 24.9 Å². The van der Waals surface area contributed by atoms with E-state index in [-0.39, 0.29) is 5.91 Å². The summed E-state index contributed by atoms with van der Waals surface area (Å²) < 4.78 is 2.13. The number of aryl methyl sites for hydroxylation is 2. The van der Waals surface area contributed by atoms with Crippen molar-refractivity contribution in [2.75, 3.05) is 6.54 Å². The van der Waals surface area contributed by atoms with Gasteiger partial charge in [-0.3, -0.25) is 4.79 Å². The Labute approximate surface area is 134 Å². The average molecular weight is 312 g/mol. The maximum absolute atomic E-state index is 12.0. The number of hydrogen-bond acceptors (Lipinski definition) is 4. The smallest absolute Gasteiger partial charge is 0.221 e. The number of hydrogen-bond donors (Lipinski definition) is 2. The van der Waals surface area contributed by atoms with Crippen LogP contribution in [0.5, 0.6) is 0 Å². The van der Waals surface area contributed by atoms with Gasteiger partial charge in [-0.05, 0) is 12.1 Å². The van der Waals surface area contributed by atoms with E-state index in [1.807, 2.05) is 24.3 Å². The largest absolute Gasteiger partial charge is 0.356 e. The van der Waals surface area contributed by atoms with Gasteiger partial charge in [-0.15, -0.1) is 0 Å². The highest BCUT2D eigenvalue weighted by Crippen LogP contribution is 2.16. The number of aromatic nitrogens is 5. The van der Waals surface area contributed by atoms with Gasteiger partial charge in [0.2, 0.25) is 5.91 Å². The molecule has 0 unspecified atom stereocenters. The standard InChI is InChI=1S/C16H20N6O/c1-2-15-19-13-5-3-4-6-14(13)22(15)10-8-16(23)17-9-7-12-11-18-21-20-12/h3-6,11H,2,7-10H2,1H3,(H,17,23)(H,18,20,21). The number of carbonyl (C=O) groups is 1. The lowest BCUT2D eigenvalue weighted by molar-refractivity contribution is -0.121. The van der Waals surface area contributed by atoms with Crippen molar-refractivity contribution in [1.82, 2.24) is 30.3 Å². The summed E-state index contributed by atoms with van der Waals surface area (Å²) in [4.78, 5) is 16.6. The molecule has 0 aliphatic carbocycles. The van der Waals surface area contributed by atoms with E-state index in [4.69, 9.17) is 0 Å². The van der Waals surface area contributed by atoms with E-state index < -0.39 is 0 Å². The second-order valence-corrected chi connectivity index (χ2v) is 5.33. The summed E-state index contributed by atoms with van der Waals surface area (Å²) in [7, 11) is 0. The lowest BCUT2D eigenvalue weighted by atomic mass is 10.3. The molecule has 2 heterocycles. The van der Waals surface area contributed by atoms with E-state index in [0.29, 0.717) is 25.9 Å². The normalized spacial score (nSPS) is 11.0. The summed E-state index contributed by atoms with van der Waals surface area (Å²) in [5.41, 5.74) is 2.91. The van der Waals surface area contributed by atoms with Gasteiger partial charge in [0.05, 0.1) is 22.9 Å². The van der Waals surface area contributed by atoms with Crippen LogP contribution in [0.15, 0.2) is 30.5 Å². The number of amides is 1. The number of benzene rings is 1. The van der Waals surface area contributed by atoms with Gasteiger partial charge in [0, 0.05) is 32.4 Å². The number of nitrogens with zero attached hydrogens (tertiary/aromatic N) is 4. The molecule has 120 valence electrons. The van der Waals surface area contributed by atoms with Crippen LogP contribution in [-0.2, 0) is 24.2 Å². The molecule has 3 rings (SSSR count). The zero-order chi connectivity index (χ0) is 16.1. The number of para-hydroxylation sites is 2. The van der Waals surface area contributed by atoms with Crippen LogP contribution < -0.4 is 5.32 Å². The fourth-order valence-electron chi connectivity index (χ4n) is 2.62. The number of imidazole rings is 1. The Kier molecular flexibility index (Phi) is 4.65. The molecule has 0 spiro atoms. The molecule has 3 aromatic rings. The van der Waals surface area contributed by atoms with E-state index in [2.05, 4.69) is 37.2 Å². The Hall–Kier alpha value is -2.70. The number of carbonyl (C=O) groups excluding carboxylic acids is 1. The SMILES string of the molecule is CCc1nc2ccccc2n1CCC(=O)NCCc1cn[nH]n1. The number of rotatable bonds is 7. The van der Waals surface area contributed by atoms with Crippen LogP contribution in [0.3, 0.4) is 0 Å². The van der Waals surface area contributed by atoms with Gasteiger partial charge in [0.25, 0.3) is 0 Å². The lowest BCUT2D eigenvalue weighted by Gasteiger charge is -2.08. The zero-order valence-electron chi connectivity index (χ0n) is 13.1. The molecule has 0 radical (unpaired) electrons. The molecule has 0 aliphatic heterocycles. The monoisotopic (exact) mass is 312 g/mol. The van der Waals surface area contributed by atoms with Crippen LogP contribution in [-0.4, -0.2) is 37.4 Å². The fourth-order valence-corrected chi connectivity index (χ4v) is 2.62. The molecule has 1 aromatic carbocycles. The molecule has 0 saturated heterocycles. The van der Waals surface area contributed by atoms with Crippen molar-refractivity contribution in [3.8, 4) is 0 Å². The van der Waals surface area contributed by atoms with Gasteiger partial charge in [0.15, 0.2) is 0 Å². The first-order valence-corrected chi connectivity index (χ1v) is 7.83. The Bertz CT molecular complexity index is 777. The van der Waals surface area contributed by atoms with Crippen molar-refractivity contribution in [2.45, 2.75) is 32.7 Å². The Balaban J connectivity index is 1.56. The summed E-state index contributed by atoms with van der Waals surface area (Å²) in [5.74, 6) is 1.05. The summed E-state index contributed by atoms with van der Waals surface area (Å²) in [6, 6.07) is 8.03. The molecule has 0 fully saturated rings. The van der Waals surface area contributed by atoms with Gasteiger partial charge in [-0.2, -0.15) is 15.4 Å². The summed E-state index contributed by atoms with van der Waals surface area (Å²) >= 11 is 0. The molecule has 7 nitrogen and oxygen atoms in total. The predicted octanol–water partition coefficient (Wildman–Crippen LogP) is 1.47. The van der Waals surface area contributed by atoms with Gasteiger partial charge >= 0.3 is 0 Å². The van der Waals surface area contributed by atoms with Crippen LogP contribution in [0.25, 0.3) is 11.0 Å². The molecule has 2 aromatic heterocycles. The van der Waals surface area contributed by atoms with Crippen molar-refractivity contribution in [2.24, 2.45) is 0 Å². The third-order valence-electron chi connectivity index (χ3n) is 3.78. The maximum atomic E-state index is 12.0. The first-order valence-electron chi connectivity index (χ1n) is 7.83. The molecule has 0 atom stereocenters. The lowest BCUT2D eigenvalue weighted by Crippen LogP contribution is -2.26. The molecular formula is C16H20N6O.